The number of benzene rings is 2. The Morgan fingerprint density at radius 3 is 2.05 bits per heavy atom. The summed E-state index contributed by atoms with van der Waals surface area (Å²) in [6.45, 7) is 2.07. The van der Waals surface area contributed by atoms with Crippen LogP contribution in [0.3, 0.4) is 0 Å². The molecule has 1 aromatic heterocycles. The molecule has 0 atom stereocenters. The van der Waals surface area contributed by atoms with E-state index in [0.717, 1.165) is 28.8 Å². The first-order chi connectivity index (χ1) is 16.3. The molecule has 3 rings (SSSR count). The van der Waals surface area contributed by atoms with Crippen LogP contribution in [0.25, 0.3) is 22.3 Å². The summed E-state index contributed by atoms with van der Waals surface area (Å²) in [5.74, 6) is -0.299. The Labute approximate surface area is 231 Å². The summed E-state index contributed by atoms with van der Waals surface area (Å²) in [5.41, 5.74) is 11.4. The zero-order valence-corrected chi connectivity index (χ0v) is 22.8. The smallest absolute Gasteiger partial charge is 0.273 e. The summed E-state index contributed by atoms with van der Waals surface area (Å²) in [6.07, 6.45) is 1.73. The lowest BCUT2D eigenvalue weighted by molar-refractivity contribution is 0.266. The van der Waals surface area contributed by atoms with Gasteiger partial charge in [0.2, 0.25) is 10.0 Å². The average molecular weight is 594 g/mol. The number of hydrogen-bond acceptors (Lipinski definition) is 6. The van der Waals surface area contributed by atoms with Gasteiger partial charge in [0.15, 0.2) is 11.6 Å². The summed E-state index contributed by atoms with van der Waals surface area (Å²) >= 11 is 7.75. The van der Waals surface area contributed by atoms with Gasteiger partial charge in [0.1, 0.15) is 0 Å². The summed E-state index contributed by atoms with van der Waals surface area (Å²) in [6, 6.07) is 11.4. The van der Waals surface area contributed by atoms with E-state index in [2.05, 4.69) is 43.6 Å². The van der Waals surface area contributed by atoms with Crippen molar-refractivity contribution >= 4 is 57.1 Å². The molecule has 0 bridgehead atoms. The van der Waals surface area contributed by atoms with Crippen molar-refractivity contribution in [3.8, 4) is 28.0 Å². The van der Waals surface area contributed by atoms with E-state index in [1.54, 1.807) is 30.3 Å². The van der Waals surface area contributed by atoms with Crippen LogP contribution in [-0.4, -0.2) is 31.5 Å². The van der Waals surface area contributed by atoms with E-state index in [1.807, 2.05) is 5.38 Å². The fourth-order valence-corrected chi connectivity index (χ4v) is 5.01. The molecule has 0 aliphatic carbocycles. The molecule has 8 N–H and O–H groups in total. The number of halogens is 1. The van der Waals surface area contributed by atoms with Crippen LogP contribution in [-0.2, 0) is 16.4 Å². The van der Waals surface area contributed by atoms with Gasteiger partial charge in [-0.25, -0.2) is 17.9 Å². The maximum absolute atomic E-state index is 14.3. The molecule has 0 fully saturated rings. The molecule has 9 nitrogen and oxygen atoms in total. The number of amides is 2. The van der Waals surface area contributed by atoms with Crippen LogP contribution in [0.4, 0.5) is 14.0 Å². The van der Waals surface area contributed by atoms with Crippen molar-refractivity contribution in [2.45, 2.75) is 32.1 Å². The number of nitrogens with two attached hydrogens (primary N) is 3. The second kappa shape index (κ2) is 17.0. The third-order valence-corrected chi connectivity index (χ3v) is 6.28. The van der Waals surface area contributed by atoms with Crippen molar-refractivity contribution < 1.29 is 32.6 Å². The molecule has 2 amide bonds. The SMILES string of the molecule is C.CCCc1scc(-c2ccccc2S(N)(=O)=O)c1-c1ccc(OC)c(F)c1.NC(=O)S.NC(=O)S.O. The third kappa shape index (κ3) is 11.5. The van der Waals surface area contributed by atoms with E-state index in [9.17, 15) is 12.8 Å². The fraction of sp³-hybridized carbons (Fsp3) is 0.217. The summed E-state index contributed by atoms with van der Waals surface area (Å²) in [4.78, 5) is 19.3. The van der Waals surface area contributed by atoms with E-state index in [4.69, 9.17) is 19.5 Å². The van der Waals surface area contributed by atoms with Gasteiger partial charge in [-0.3, -0.25) is 9.59 Å². The Balaban J connectivity index is 0. The molecule has 3 aromatic rings. The predicted octanol–water partition coefficient (Wildman–Crippen LogP) is 4.63. The van der Waals surface area contributed by atoms with Gasteiger partial charge in [0.25, 0.3) is 10.5 Å². The summed E-state index contributed by atoms with van der Waals surface area (Å²) in [5, 5.41) is 6.04. The van der Waals surface area contributed by atoms with Crippen LogP contribution in [0, 0.1) is 5.82 Å². The Hall–Kier alpha value is -2.62. The average Bonchev–Trinajstić information content (AvgIpc) is 3.16. The Morgan fingerprint density at radius 1 is 1.05 bits per heavy atom. The zero-order valence-electron chi connectivity index (χ0n) is 19.4. The van der Waals surface area contributed by atoms with Gasteiger partial charge in [0.05, 0.1) is 12.0 Å². The van der Waals surface area contributed by atoms with E-state index in [1.165, 1.54) is 30.6 Å². The topological polar surface area (TPSA) is 187 Å². The number of thiol groups is 2. The number of carbonyl (C=O) groups is 2. The van der Waals surface area contributed by atoms with Crippen molar-refractivity contribution in [2.24, 2.45) is 16.6 Å². The van der Waals surface area contributed by atoms with E-state index in [-0.39, 0.29) is 23.5 Å². The maximum atomic E-state index is 14.3. The molecule has 14 heteroatoms. The lowest BCUT2D eigenvalue weighted by Gasteiger charge is -2.12. The molecule has 2 aromatic carbocycles. The zero-order chi connectivity index (χ0) is 26.8. The number of sulfonamides is 1. The van der Waals surface area contributed by atoms with Crippen LogP contribution in [0.2, 0.25) is 0 Å². The number of carbonyl (C=O) groups excluding carboxylic acids is 2. The van der Waals surface area contributed by atoms with E-state index >= 15 is 0 Å². The quantitative estimate of drug-likeness (QED) is 0.260. The van der Waals surface area contributed by atoms with Crippen LogP contribution >= 0.6 is 36.6 Å². The van der Waals surface area contributed by atoms with Gasteiger partial charge < -0.3 is 21.7 Å². The molecule has 0 saturated heterocycles. The Kier molecular flexibility index (Phi) is 16.8. The highest BCUT2D eigenvalue weighted by molar-refractivity contribution is 7.96. The van der Waals surface area contributed by atoms with Crippen LogP contribution in [0.1, 0.15) is 25.6 Å². The summed E-state index contributed by atoms with van der Waals surface area (Å²) < 4.78 is 43.4. The molecule has 0 radical (unpaired) electrons. The van der Waals surface area contributed by atoms with Gasteiger partial charge in [-0.2, -0.15) is 0 Å². The third-order valence-electron chi connectivity index (χ3n) is 4.27. The number of methoxy groups -OCH3 is 1. The molecule has 37 heavy (non-hydrogen) atoms. The number of primary amides is 2. The standard InChI is InChI=1S/C20H20FNO3S2.2CH3NOS.CH4.H2O/c1-3-6-18-20(13-9-10-17(25-2)16(21)11-13)15(12-26-18)14-7-4-5-8-19(14)27(22,23)24;2*2-1(3)4;;/h4-5,7-12H,3,6H2,1-2H3,(H2,22,23,24);2*(H3,2,3,4);1H4;1H2. The lowest BCUT2D eigenvalue weighted by atomic mass is 9.95. The Morgan fingerprint density at radius 2 is 1.59 bits per heavy atom. The number of primary sulfonamides is 1. The fourth-order valence-electron chi connectivity index (χ4n) is 3.08. The first-order valence-electron chi connectivity index (χ1n) is 9.86. The largest absolute Gasteiger partial charge is 0.494 e. The lowest BCUT2D eigenvalue weighted by Crippen LogP contribution is -2.13. The van der Waals surface area contributed by atoms with Crippen molar-refractivity contribution in [1.29, 1.82) is 0 Å². The molecule has 0 aliphatic rings. The second-order valence-corrected chi connectivity index (χ2v) is 10.1. The minimum Gasteiger partial charge on any atom is -0.494 e. The van der Waals surface area contributed by atoms with Gasteiger partial charge >= 0.3 is 0 Å². The van der Waals surface area contributed by atoms with E-state index in [0.29, 0.717) is 11.1 Å². The highest BCUT2D eigenvalue weighted by Gasteiger charge is 2.21. The number of aryl methyl sites for hydroxylation is 1. The second-order valence-electron chi connectivity index (χ2n) is 6.76. The highest BCUT2D eigenvalue weighted by atomic mass is 32.2. The number of ether oxygens (including phenoxy) is 1. The number of thiophene rings is 1. The van der Waals surface area contributed by atoms with Gasteiger partial charge in [0, 0.05) is 21.6 Å². The molecular formula is C23H32FN3O6S4. The van der Waals surface area contributed by atoms with Gasteiger partial charge in [-0.1, -0.05) is 70.3 Å². The minimum atomic E-state index is -3.89. The van der Waals surface area contributed by atoms with Crippen molar-refractivity contribution in [3.63, 3.8) is 0 Å². The Bertz CT molecular complexity index is 1260. The van der Waals surface area contributed by atoms with Crippen LogP contribution < -0.4 is 21.3 Å². The van der Waals surface area contributed by atoms with E-state index < -0.39 is 26.3 Å². The monoisotopic (exact) mass is 593 g/mol. The predicted molar refractivity (Wildman–Crippen MR) is 155 cm³/mol. The van der Waals surface area contributed by atoms with Gasteiger partial charge in [-0.15, -0.1) is 11.3 Å². The molecule has 0 aliphatic heterocycles. The van der Waals surface area contributed by atoms with Crippen LogP contribution in [0.15, 0.2) is 52.7 Å². The molecular weight excluding hydrogens is 562 g/mol. The number of hydrogen-bond donors (Lipinski definition) is 5. The molecule has 1 heterocycles. The normalized spacial score (nSPS) is 9.78. The number of rotatable bonds is 6. The van der Waals surface area contributed by atoms with Crippen LogP contribution in [0.5, 0.6) is 5.75 Å². The van der Waals surface area contributed by atoms with Crippen molar-refractivity contribution in [1.82, 2.24) is 0 Å². The molecule has 0 spiro atoms. The van der Waals surface area contributed by atoms with Gasteiger partial charge in [-0.05, 0) is 35.6 Å². The van der Waals surface area contributed by atoms with Crippen molar-refractivity contribution in [3.05, 3.63) is 58.5 Å². The summed E-state index contributed by atoms with van der Waals surface area (Å²) in [7, 11) is -2.48. The molecule has 0 unspecified atom stereocenters. The first-order valence-corrected chi connectivity index (χ1v) is 13.2. The minimum absolute atomic E-state index is 0. The van der Waals surface area contributed by atoms with Crippen molar-refractivity contribution in [2.75, 3.05) is 7.11 Å². The molecule has 0 saturated carbocycles. The highest BCUT2D eigenvalue weighted by Crippen LogP contribution is 2.42. The maximum Gasteiger partial charge on any atom is 0.273 e. The first kappa shape index (κ1) is 36.5. The molecule has 206 valence electrons.